The molecular formula is C16H13N5O. The number of aromatic hydroxyl groups is 1. The predicted molar refractivity (Wildman–Crippen MR) is 84.6 cm³/mol. The van der Waals surface area contributed by atoms with Crippen molar-refractivity contribution in [3.05, 3.63) is 66.4 Å². The van der Waals surface area contributed by atoms with Gasteiger partial charge < -0.3 is 5.11 Å². The number of phenolic OH excluding ortho intramolecular Hbond substituents is 1. The Hall–Kier alpha value is -3.28. The van der Waals surface area contributed by atoms with Crippen LogP contribution < -0.4 is 5.43 Å². The van der Waals surface area contributed by atoms with Crippen LogP contribution in [0.1, 0.15) is 5.56 Å². The van der Waals surface area contributed by atoms with E-state index in [9.17, 15) is 5.11 Å². The first kappa shape index (κ1) is 13.7. The molecule has 0 bridgehead atoms. The number of hydrogen-bond donors (Lipinski definition) is 2. The van der Waals surface area contributed by atoms with Crippen molar-refractivity contribution in [2.75, 3.05) is 5.43 Å². The summed E-state index contributed by atoms with van der Waals surface area (Å²) >= 11 is 0. The Balaban J connectivity index is 1.73. The molecule has 0 saturated heterocycles. The number of anilines is 1. The summed E-state index contributed by atoms with van der Waals surface area (Å²) in [5, 5.41) is 21.2. The van der Waals surface area contributed by atoms with Crippen LogP contribution in [0, 0.1) is 0 Å². The van der Waals surface area contributed by atoms with Gasteiger partial charge in [0.15, 0.2) is 0 Å². The van der Waals surface area contributed by atoms with Crippen LogP contribution in [-0.2, 0) is 0 Å². The molecule has 3 rings (SSSR count). The van der Waals surface area contributed by atoms with E-state index in [1.54, 1.807) is 30.6 Å². The van der Waals surface area contributed by atoms with E-state index in [4.69, 9.17) is 0 Å². The topological polar surface area (TPSA) is 83.3 Å². The molecule has 0 radical (unpaired) electrons. The third-order valence-corrected chi connectivity index (χ3v) is 2.88. The van der Waals surface area contributed by atoms with Gasteiger partial charge in [-0.2, -0.15) is 10.2 Å². The first-order valence-electron chi connectivity index (χ1n) is 6.64. The second kappa shape index (κ2) is 6.45. The summed E-state index contributed by atoms with van der Waals surface area (Å²) in [7, 11) is 0. The maximum atomic E-state index is 9.38. The Kier molecular flexibility index (Phi) is 4.01. The SMILES string of the molecule is Oc1cccc(/C=N/Nc2nncc(-c3ccccc3)n2)c1. The highest BCUT2D eigenvalue weighted by Crippen LogP contribution is 2.15. The number of phenols is 1. The molecule has 0 saturated carbocycles. The number of nitrogens with one attached hydrogen (secondary N) is 1. The summed E-state index contributed by atoms with van der Waals surface area (Å²) in [6.45, 7) is 0. The molecule has 108 valence electrons. The van der Waals surface area contributed by atoms with Crippen molar-refractivity contribution >= 4 is 12.2 Å². The number of rotatable bonds is 4. The molecule has 0 aliphatic heterocycles. The lowest BCUT2D eigenvalue weighted by atomic mass is 10.2. The Labute approximate surface area is 127 Å². The molecule has 0 fully saturated rings. The molecule has 2 N–H and O–H groups in total. The van der Waals surface area contributed by atoms with Crippen molar-refractivity contribution in [2.45, 2.75) is 0 Å². The van der Waals surface area contributed by atoms with Crippen LogP contribution in [0.3, 0.4) is 0 Å². The molecule has 22 heavy (non-hydrogen) atoms. The Morgan fingerprint density at radius 2 is 1.91 bits per heavy atom. The van der Waals surface area contributed by atoms with E-state index in [2.05, 4.69) is 25.7 Å². The average molecular weight is 291 g/mol. The maximum Gasteiger partial charge on any atom is 0.263 e. The average Bonchev–Trinajstić information content (AvgIpc) is 2.56. The van der Waals surface area contributed by atoms with Crippen molar-refractivity contribution in [3.63, 3.8) is 0 Å². The summed E-state index contributed by atoms with van der Waals surface area (Å²) in [6.07, 6.45) is 3.16. The van der Waals surface area contributed by atoms with Crippen LogP contribution in [0.5, 0.6) is 5.75 Å². The van der Waals surface area contributed by atoms with Gasteiger partial charge in [0.05, 0.1) is 18.1 Å². The van der Waals surface area contributed by atoms with Gasteiger partial charge in [0.25, 0.3) is 5.95 Å². The minimum Gasteiger partial charge on any atom is -0.508 e. The summed E-state index contributed by atoms with van der Waals surface area (Å²) < 4.78 is 0. The Bertz CT molecular complexity index is 789. The minimum absolute atomic E-state index is 0.188. The summed E-state index contributed by atoms with van der Waals surface area (Å²) in [4.78, 5) is 4.34. The first-order valence-corrected chi connectivity index (χ1v) is 6.64. The predicted octanol–water partition coefficient (Wildman–Crippen LogP) is 2.69. The van der Waals surface area contributed by atoms with E-state index in [1.807, 2.05) is 36.4 Å². The summed E-state index contributed by atoms with van der Waals surface area (Å²) in [6, 6.07) is 16.5. The fourth-order valence-corrected chi connectivity index (χ4v) is 1.87. The quantitative estimate of drug-likeness (QED) is 0.570. The van der Waals surface area contributed by atoms with Crippen LogP contribution in [0.15, 0.2) is 65.9 Å². The second-order valence-corrected chi connectivity index (χ2v) is 4.50. The van der Waals surface area contributed by atoms with Crippen LogP contribution in [0.4, 0.5) is 5.95 Å². The first-order chi connectivity index (χ1) is 10.8. The molecule has 1 heterocycles. The fraction of sp³-hybridized carbons (Fsp3) is 0. The van der Waals surface area contributed by atoms with Crippen LogP contribution in [-0.4, -0.2) is 26.5 Å². The molecule has 6 nitrogen and oxygen atoms in total. The number of hydrazone groups is 1. The van der Waals surface area contributed by atoms with Gasteiger partial charge >= 0.3 is 0 Å². The van der Waals surface area contributed by atoms with E-state index < -0.39 is 0 Å². The van der Waals surface area contributed by atoms with Crippen molar-refractivity contribution in [2.24, 2.45) is 5.10 Å². The number of nitrogens with zero attached hydrogens (tertiary/aromatic N) is 4. The van der Waals surface area contributed by atoms with Crippen LogP contribution >= 0.6 is 0 Å². The Morgan fingerprint density at radius 3 is 2.73 bits per heavy atom. The van der Waals surface area contributed by atoms with E-state index in [1.165, 1.54) is 0 Å². The van der Waals surface area contributed by atoms with Gasteiger partial charge in [-0.1, -0.05) is 42.5 Å². The second-order valence-electron chi connectivity index (χ2n) is 4.50. The van der Waals surface area contributed by atoms with Crippen LogP contribution in [0.25, 0.3) is 11.3 Å². The molecule has 0 spiro atoms. The molecule has 2 aromatic carbocycles. The highest BCUT2D eigenvalue weighted by Gasteiger charge is 2.01. The molecule has 0 aliphatic carbocycles. The zero-order chi connectivity index (χ0) is 15.2. The Morgan fingerprint density at radius 1 is 1.05 bits per heavy atom. The van der Waals surface area contributed by atoms with Gasteiger partial charge in [-0.15, -0.1) is 5.10 Å². The smallest absolute Gasteiger partial charge is 0.263 e. The normalized spacial score (nSPS) is 10.7. The molecule has 0 aliphatic rings. The van der Waals surface area contributed by atoms with Gasteiger partial charge in [-0.25, -0.2) is 10.4 Å². The third-order valence-electron chi connectivity index (χ3n) is 2.88. The molecule has 1 aromatic heterocycles. The summed E-state index contributed by atoms with van der Waals surface area (Å²) in [5.74, 6) is 0.491. The minimum atomic E-state index is 0.188. The standard InChI is InChI=1S/C16H13N5O/c22-14-8-4-5-12(9-14)10-17-20-16-19-15(11-18-21-16)13-6-2-1-3-7-13/h1-11,22H,(H,19,20,21)/b17-10+. The largest absolute Gasteiger partial charge is 0.508 e. The molecule has 3 aromatic rings. The van der Waals surface area contributed by atoms with E-state index in [-0.39, 0.29) is 5.75 Å². The molecule has 0 unspecified atom stereocenters. The van der Waals surface area contributed by atoms with Gasteiger partial charge in [-0.3, -0.25) is 0 Å². The zero-order valence-corrected chi connectivity index (χ0v) is 11.6. The maximum absolute atomic E-state index is 9.38. The number of benzene rings is 2. The molecular weight excluding hydrogens is 278 g/mol. The van der Waals surface area contributed by atoms with Gasteiger partial charge in [-0.05, 0) is 17.7 Å². The van der Waals surface area contributed by atoms with E-state index in [0.717, 1.165) is 11.1 Å². The molecule has 6 heteroatoms. The lowest BCUT2D eigenvalue weighted by molar-refractivity contribution is 0.475. The van der Waals surface area contributed by atoms with Crippen molar-refractivity contribution in [3.8, 4) is 17.0 Å². The van der Waals surface area contributed by atoms with E-state index >= 15 is 0 Å². The molecule has 0 atom stereocenters. The third kappa shape index (κ3) is 3.43. The van der Waals surface area contributed by atoms with E-state index in [0.29, 0.717) is 11.6 Å². The lowest BCUT2D eigenvalue weighted by Crippen LogP contribution is -1.99. The lowest BCUT2D eigenvalue weighted by Gasteiger charge is -2.02. The van der Waals surface area contributed by atoms with Gasteiger partial charge in [0.1, 0.15) is 5.75 Å². The monoisotopic (exact) mass is 291 g/mol. The fourth-order valence-electron chi connectivity index (χ4n) is 1.87. The van der Waals surface area contributed by atoms with Crippen LogP contribution in [0.2, 0.25) is 0 Å². The number of hydrogen-bond acceptors (Lipinski definition) is 6. The summed E-state index contributed by atoms with van der Waals surface area (Å²) in [5.41, 5.74) is 5.16. The van der Waals surface area contributed by atoms with Crippen molar-refractivity contribution in [1.29, 1.82) is 0 Å². The van der Waals surface area contributed by atoms with Crippen molar-refractivity contribution < 1.29 is 5.11 Å². The molecule has 0 amide bonds. The van der Waals surface area contributed by atoms with Crippen molar-refractivity contribution in [1.82, 2.24) is 15.2 Å². The zero-order valence-electron chi connectivity index (χ0n) is 11.6. The highest BCUT2D eigenvalue weighted by atomic mass is 16.3. The highest BCUT2D eigenvalue weighted by molar-refractivity contribution is 5.80. The van der Waals surface area contributed by atoms with Gasteiger partial charge in [0, 0.05) is 5.56 Å². The number of aromatic nitrogens is 3. The van der Waals surface area contributed by atoms with Gasteiger partial charge in [0.2, 0.25) is 0 Å².